The van der Waals surface area contributed by atoms with E-state index in [1.807, 2.05) is 0 Å². The number of rotatable bonds is 2. The number of halogens is 1. The summed E-state index contributed by atoms with van der Waals surface area (Å²) in [7, 11) is 0. The Morgan fingerprint density at radius 2 is 2.39 bits per heavy atom. The second kappa shape index (κ2) is 4.49. The van der Waals surface area contributed by atoms with Crippen LogP contribution in [0.2, 0.25) is 0 Å². The van der Waals surface area contributed by atoms with E-state index < -0.39 is 5.82 Å². The molecule has 1 aromatic carbocycles. The van der Waals surface area contributed by atoms with Crippen LogP contribution in [0.4, 0.5) is 4.39 Å². The average molecular weight is 247 g/mol. The van der Waals surface area contributed by atoms with Crippen molar-refractivity contribution in [3.63, 3.8) is 0 Å². The van der Waals surface area contributed by atoms with Crippen LogP contribution in [0.15, 0.2) is 29.3 Å². The minimum atomic E-state index is -0.401. The van der Waals surface area contributed by atoms with Crippen molar-refractivity contribution in [3.05, 3.63) is 40.7 Å². The highest BCUT2D eigenvalue weighted by atomic mass is 19.1. The molecular formula is C13H14FN3O. The predicted octanol–water partition coefficient (Wildman–Crippen LogP) is 1.15. The van der Waals surface area contributed by atoms with Gasteiger partial charge in [-0.3, -0.25) is 9.36 Å². The molecule has 0 amide bonds. The number of hydrogen-bond donors (Lipinski definition) is 1. The predicted molar refractivity (Wildman–Crippen MR) is 66.9 cm³/mol. The maximum Gasteiger partial charge on any atom is 0.261 e. The van der Waals surface area contributed by atoms with Gasteiger partial charge in [0, 0.05) is 6.54 Å². The van der Waals surface area contributed by atoms with Gasteiger partial charge in [0.2, 0.25) is 0 Å². The molecule has 94 valence electrons. The van der Waals surface area contributed by atoms with Gasteiger partial charge in [-0.05, 0) is 43.6 Å². The summed E-state index contributed by atoms with van der Waals surface area (Å²) >= 11 is 0. The van der Waals surface area contributed by atoms with Crippen molar-refractivity contribution < 1.29 is 4.39 Å². The third kappa shape index (κ3) is 2.01. The highest BCUT2D eigenvalue weighted by molar-refractivity contribution is 5.77. The molecule has 1 aromatic heterocycles. The van der Waals surface area contributed by atoms with Crippen molar-refractivity contribution in [1.29, 1.82) is 0 Å². The lowest BCUT2D eigenvalue weighted by Gasteiger charge is -2.11. The van der Waals surface area contributed by atoms with Crippen LogP contribution < -0.4 is 10.9 Å². The summed E-state index contributed by atoms with van der Waals surface area (Å²) in [5, 5.41) is 3.61. The van der Waals surface area contributed by atoms with Gasteiger partial charge in [-0.15, -0.1) is 0 Å². The molecule has 2 aromatic rings. The van der Waals surface area contributed by atoms with Crippen molar-refractivity contribution in [2.24, 2.45) is 5.92 Å². The summed E-state index contributed by atoms with van der Waals surface area (Å²) < 4.78 is 14.8. The smallest absolute Gasteiger partial charge is 0.261 e. The maximum atomic E-state index is 13.2. The van der Waals surface area contributed by atoms with E-state index in [0.717, 1.165) is 19.5 Å². The Hall–Kier alpha value is -1.75. The average Bonchev–Trinajstić information content (AvgIpc) is 2.86. The van der Waals surface area contributed by atoms with E-state index in [9.17, 15) is 9.18 Å². The minimum Gasteiger partial charge on any atom is -0.316 e. The highest BCUT2D eigenvalue weighted by Gasteiger charge is 2.16. The first-order chi connectivity index (χ1) is 8.74. The number of hydrogen-bond acceptors (Lipinski definition) is 3. The van der Waals surface area contributed by atoms with E-state index >= 15 is 0 Å². The molecule has 5 heteroatoms. The number of nitrogens with zero attached hydrogens (tertiary/aromatic N) is 2. The van der Waals surface area contributed by atoms with Crippen LogP contribution in [0.5, 0.6) is 0 Å². The molecule has 1 saturated heterocycles. The van der Waals surface area contributed by atoms with Crippen LogP contribution in [-0.4, -0.2) is 22.6 Å². The lowest BCUT2D eigenvalue weighted by Crippen LogP contribution is -2.25. The SMILES string of the molecule is O=c1c2cc(F)ccc2ncn1CC1CCNC1. The first kappa shape index (κ1) is 11.3. The zero-order valence-corrected chi connectivity index (χ0v) is 9.90. The van der Waals surface area contributed by atoms with Crippen molar-refractivity contribution >= 4 is 10.9 Å². The van der Waals surface area contributed by atoms with E-state index in [-0.39, 0.29) is 5.56 Å². The molecule has 1 unspecified atom stereocenters. The molecular weight excluding hydrogens is 233 g/mol. The lowest BCUT2D eigenvalue weighted by atomic mass is 10.1. The van der Waals surface area contributed by atoms with Crippen molar-refractivity contribution in [2.45, 2.75) is 13.0 Å². The normalized spacial score (nSPS) is 19.5. The molecule has 0 bridgehead atoms. The summed E-state index contributed by atoms with van der Waals surface area (Å²) in [5.41, 5.74) is 0.383. The van der Waals surface area contributed by atoms with Gasteiger partial charge in [0.15, 0.2) is 0 Å². The Bertz CT molecular complexity index is 632. The molecule has 1 aliphatic rings. The molecule has 2 heterocycles. The molecule has 0 spiro atoms. The quantitative estimate of drug-likeness (QED) is 0.865. The summed E-state index contributed by atoms with van der Waals surface area (Å²) in [6, 6.07) is 4.11. The molecule has 0 saturated carbocycles. The van der Waals surface area contributed by atoms with Crippen LogP contribution in [0.25, 0.3) is 10.9 Å². The highest BCUT2D eigenvalue weighted by Crippen LogP contribution is 2.12. The van der Waals surface area contributed by atoms with Crippen LogP contribution in [0, 0.1) is 11.7 Å². The first-order valence-electron chi connectivity index (χ1n) is 6.09. The van der Waals surface area contributed by atoms with E-state index in [1.165, 1.54) is 18.2 Å². The fourth-order valence-corrected chi connectivity index (χ4v) is 2.41. The van der Waals surface area contributed by atoms with E-state index in [0.29, 0.717) is 23.4 Å². The van der Waals surface area contributed by atoms with Crippen LogP contribution >= 0.6 is 0 Å². The molecule has 1 aliphatic heterocycles. The molecule has 4 nitrogen and oxygen atoms in total. The fraction of sp³-hybridized carbons (Fsp3) is 0.385. The Morgan fingerprint density at radius 1 is 1.50 bits per heavy atom. The van der Waals surface area contributed by atoms with Gasteiger partial charge < -0.3 is 5.32 Å². The van der Waals surface area contributed by atoms with Gasteiger partial charge in [0.05, 0.1) is 17.2 Å². The van der Waals surface area contributed by atoms with Gasteiger partial charge in [-0.2, -0.15) is 0 Å². The third-order valence-electron chi connectivity index (χ3n) is 3.40. The number of nitrogens with one attached hydrogen (secondary N) is 1. The molecule has 1 atom stereocenters. The minimum absolute atomic E-state index is 0.161. The largest absolute Gasteiger partial charge is 0.316 e. The van der Waals surface area contributed by atoms with Gasteiger partial charge in [0.25, 0.3) is 5.56 Å². The molecule has 1 fully saturated rings. The number of benzene rings is 1. The zero-order valence-electron chi connectivity index (χ0n) is 9.90. The second-order valence-corrected chi connectivity index (χ2v) is 4.72. The summed E-state index contributed by atoms with van der Waals surface area (Å²) in [4.78, 5) is 16.4. The van der Waals surface area contributed by atoms with E-state index in [4.69, 9.17) is 0 Å². The molecule has 3 rings (SSSR count). The summed E-state index contributed by atoms with van der Waals surface area (Å²) in [5.74, 6) is 0.0530. The summed E-state index contributed by atoms with van der Waals surface area (Å²) in [6.07, 6.45) is 2.62. The van der Waals surface area contributed by atoms with Crippen LogP contribution in [-0.2, 0) is 6.54 Å². The van der Waals surface area contributed by atoms with Gasteiger partial charge in [0.1, 0.15) is 5.82 Å². The lowest BCUT2D eigenvalue weighted by molar-refractivity contribution is 0.470. The number of aromatic nitrogens is 2. The standard InChI is InChI=1S/C13H14FN3O/c14-10-1-2-12-11(5-10)13(18)17(8-16-12)7-9-3-4-15-6-9/h1-2,5,8-9,15H,3-4,6-7H2. The van der Waals surface area contributed by atoms with Crippen molar-refractivity contribution in [1.82, 2.24) is 14.9 Å². The van der Waals surface area contributed by atoms with Crippen molar-refractivity contribution in [3.8, 4) is 0 Å². The van der Waals surface area contributed by atoms with Gasteiger partial charge in [-0.1, -0.05) is 0 Å². The Labute approximate surface area is 103 Å². The van der Waals surface area contributed by atoms with Crippen molar-refractivity contribution in [2.75, 3.05) is 13.1 Å². The Morgan fingerprint density at radius 3 is 3.17 bits per heavy atom. The van der Waals surface area contributed by atoms with Gasteiger partial charge >= 0.3 is 0 Å². The summed E-state index contributed by atoms with van der Waals surface area (Å²) in [6.45, 7) is 2.56. The Balaban J connectivity index is 2.02. The topological polar surface area (TPSA) is 46.9 Å². The van der Waals surface area contributed by atoms with Gasteiger partial charge in [-0.25, -0.2) is 9.37 Å². The fourth-order valence-electron chi connectivity index (χ4n) is 2.41. The van der Waals surface area contributed by atoms with Crippen LogP contribution in [0.1, 0.15) is 6.42 Å². The first-order valence-corrected chi connectivity index (χ1v) is 6.09. The number of fused-ring (bicyclic) bond motifs is 1. The molecule has 1 N–H and O–H groups in total. The van der Waals surface area contributed by atoms with E-state index in [1.54, 1.807) is 10.9 Å². The maximum absolute atomic E-state index is 13.2. The molecule has 18 heavy (non-hydrogen) atoms. The third-order valence-corrected chi connectivity index (χ3v) is 3.40. The second-order valence-electron chi connectivity index (χ2n) is 4.72. The van der Waals surface area contributed by atoms with Crippen LogP contribution in [0.3, 0.4) is 0 Å². The van der Waals surface area contributed by atoms with E-state index in [2.05, 4.69) is 10.3 Å². The monoisotopic (exact) mass is 247 g/mol. The zero-order chi connectivity index (χ0) is 12.5. The Kier molecular flexibility index (Phi) is 2.83. The molecule has 0 aliphatic carbocycles. The molecule has 0 radical (unpaired) electrons.